The molecule has 0 radical (unpaired) electrons. The number of carbonyl (C=O) groups excluding carboxylic acids is 1. The van der Waals surface area contributed by atoms with E-state index in [1.54, 1.807) is 29.0 Å². The van der Waals surface area contributed by atoms with Crippen LogP contribution in [0.5, 0.6) is 5.75 Å². The van der Waals surface area contributed by atoms with Crippen LogP contribution in [0.25, 0.3) is 10.8 Å². The maximum atomic E-state index is 12.4. The number of hydrogen-bond donors (Lipinski definition) is 1. The van der Waals surface area contributed by atoms with Crippen molar-refractivity contribution in [1.82, 2.24) is 4.57 Å². The Morgan fingerprint density at radius 3 is 2.62 bits per heavy atom. The van der Waals surface area contributed by atoms with Crippen LogP contribution in [0.2, 0.25) is 0 Å². The standard InChI is InChI=1S/C21H22N2O3/c1-4-23-12-11-16-17(21(23)25)8-6-10-19(16)26-13-20(24)22-18-9-5-7-14(2)15(18)3/h5-12H,4,13H2,1-3H3,(H,22,24). The summed E-state index contributed by atoms with van der Waals surface area (Å²) in [7, 11) is 0. The molecule has 26 heavy (non-hydrogen) atoms. The number of carbonyl (C=O) groups is 1. The first-order chi connectivity index (χ1) is 12.5. The first kappa shape index (κ1) is 17.7. The minimum atomic E-state index is -0.238. The molecule has 5 heteroatoms. The van der Waals surface area contributed by atoms with E-state index in [0.29, 0.717) is 23.1 Å². The Hall–Kier alpha value is -3.08. The van der Waals surface area contributed by atoms with Crippen LogP contribution in [0.4, 0.5) is 5.69 Å². The predicted octanol–water partition coefficient (Wildman–Crippen LogP) is 3.66. The van der Waals surface area contributed by atoms with Crippen molar-refractivity contribution in [2.24, 2.45) is 0 Å². The fourth-order valence-electron chi connectivity index (χ4n) is 2.88. The van der Waals surface area contributed by atoms with E-state index in [9.17, 15) is 9.59 Å². The quantitative estimate of drug-likeness (QED) is 0.764. The number of anilines is 1. The third-order valence-corrected chi connectivity index (χ3v) is 4.56. The van der Waals surface area contributed by atoms with Crippen molar-refractivity contribution in [2.75, 3.05) is 11.9 Å². The van der Waals surface area contributed by atoms with Gasteiger partial charge in [-0.05, 0) is 56.2 Å². The smallest absolute Gasteiger partial charge is 0.262 e. The molecule has 0 aliphatic carbocycles. The summed E-state index contributed by atoms with van der Waals surface area (Å²) >= 11 is 0. The Morgan fingerprint density at radius 2 is 1.85 bits per heavy atom. The van der Waals surface area contributed by atoms with Crippen molar-refractivity contribution in [2.45, 2.75) is 27.3 Å². The molecule has 0 unspecified atom stereocenters. The lowest BCUT2D eigenvalue weighted by Gasteiger charge is -2.12. The first-order valence-corrected chi connectivity index (χ1v) is 8.62. The van der Waals surface area contributed by atoms with Crippen LogP contribution in [0.15, 0.2) is 53.5 Å². The summed E-state index contributed by atoms with van der Waals surface area (Å²) in [6.45, 7) is 6.38. The van der Waals surface area contributed by atoms with Gasteiger partial charge in [0, 0.05) is 23.8 Å². The van der Waals surface area contributed by atoms with Crippen LogP contribution in [0.1, 0.15) is 18.1 Å². The maximum absolute atomic E-state index is 12.4. The van der Waals surface area contributed by atoms with Crippen LogP contribution >= 0.6 is 0 Å². The molecule has 134 valence electrons. The van der Waals surface area contributed by atoms with Crippen molar-refractivity contribution >= 4 is 22.4 Å². The molecule has 1 N–H and O–H groups in total. The summed E-state index contributed by atoms with van der Waals surface area (Å²) in [5.41, 5.74) is 2.87. The summed E-state index contributed by atoms with van der Waals surface area (Å²) in [6.07, 6.45) is 1.74. The Balaban J connectivity index is 1.77. The van der Waals surface area contributed by atoms with E-state index in [1.165, 1.54) is 0 Å². The van der Waals surface area contributed by atoms with Gasteiger partial charge >= 0.3 is 0 Å². The number of hydrogen-bond acceptors (Lipinski definition) is 3. The Morgan fingerprint density at radius 1 is 1.08 bits per heavy atom. The highest BCUT2D eigenvalue weighted by Crippen LogP contribution is 2.23. The summed E-state index contributed by atoms with van der Waals surface area (Å²) in [5, 5.41) is 4.16. The molecule has 0 saturated carbocycles. The fourth-order valence-corrected chi connectivity index (χ4v) is 2.88. The van der Waals surface area contributed by atoms with E-state index in [0.717, 1.165) is 16.8 Å². The lowest BCUT2D eigenvalue weighted by Crippen LogP contribution is -2.21. The third-order valence-electron chi connectivity index (χ3n) is 4.56. The molecule has 5 nitrogen and oxygen atoms in total. The van der Waals surface area contributed by atoms with Crippen molar-refractivity contribution in [3.8, 4) is 5.75 Å². The number of aromatic nitrogens is 1. The van der Waals surface area contributed by atoms with Gasteiger partial charge in [0.15, 0.2) is 6.61 Å². The normalized spacial score (nSPS) is 10.7. The Kier molecular flexibility index (Phi) is 5.07. The lowest BCUT2D eigenvalue weighted by atomic mass is 10.1. The molecule has 0 aliphatic heterocycles. The Labute approximate surface area is 152 Å². The van der Waals surface area contributed by atoms with E-state index >= 15 is 0 Å². The van der Waals surface area contributed by atoms with Crippen LogP contribution in [-0.2, 0) is 11.3 Å². The molecule has 3 aromatic rings. The molecule has 3 rings (SSSR count). The molecule has 0 aliphatic rings. The fraction of sp³-hybridized carbons (Fsp3) is 0.238. The van der Waals surface area contributed by atoms with Crippen LogP contribution in [-0.4, -0.2) is 17.1 Å². The van der Waals surface area contributed by atoms with Crippen molar-refractivity contribution in [3.05, 3.63) is 70.1 Å². The van der Waals surface area contributed by atoms with Gasteiger partial charge in [0.05, 0.1) is 5.39 Å². The van der Waals surface area contributed by atoms with Crippen molar-refractivity contribution < 1.29 is 9.53 Å². The first-order valence-electron chi connectivity index (χ1n) is 8.62. The largest absolute Gasteiger partial charge is 0.483 e. The molecule has 0 saturated heterocycles. The minimum Gasteiger partial charge on any atom is -0.483 e. The third kappa shape index (κ3) is 3.47. The number of fused-ring (bicyclic) bond motifs is 1. The highest BCUT2D eigenvalue weighted by Gasteiger charge is 2.10. The highest BCUT2D eigenvalue weighted by atomic mass is 16.5. The molecule has 1 heterocycles. The van der Waals surface area contributed by atoms with Crippen molar-refractivity contribution in [3.63, 3.8) is 0 Å². The van der Waals surface area contributed by atoms with Gasteiger partial charge in [-0.3, -0.25) is 9.59 Å². The van der Waals surface area contributed by atoms with E-state index in [2.05, 4.69) is 5.32 Å². The molecule has 2 aromatic carbocycles. The maximum Gasteiger partial charge on any atom is 0.262 e. The molecule has 0 bridgehead atoms. The van der Waals surface area contributed by atoms with Gasteiger partial charge in [0.1, 0.15) is 5.75 Å². The molecule has 0 spiro atoms. The van der Waals surface area contributed by atoms with Gasteiger partial charge in [-0.25, -0.2) is 0 Å². The predicted molar refractivity (Wildman–Crippen MR) is 104 cm³/mol. The molecule has 1 amide bonds. The van der Waals surface area contributed by atoms with Gasteiger partial charge in [-0.15, -0.1) is 0 Å². The summed E-state index contributed by atoms with van der Waals surface area (Å²) in [6, 6.07) is 12.9. The zero-order valence-electron chi connectivity index (χ0n) is 15.2. The second-order valence-corrected chi connectivity index (χ2v) is 6.21. The molecular formula is C21H22N2O3. The van der Waals surface area contributed by atoms with Crippen LogP contribution < -0.4 is 15.6 Å². The molecule has 0 atom stereocenters. The van der Waals surface area contributed by atoms with Crippen LogP contribution in [0, 0.1) is 13.8 Å². The van der Waals surface area contributed by atoms with Crippen molar-refractivity contribution in [1.29, 1.82) is 0 Å². The topological polar surface area (TPSA) is 60.3 Å². The summed E-state index contributed by atoms with van der Waals surface area (Å²) in [4.78, 5) is 24.6. The number of pyridine rings is 1. The zero-order chi connectivity index (χ0) is 18.7. The van der Waals surface area contributed by atoms with E-state index in [1.807, 2.05) is 45.0 Å². The summed E-state index contributed by atoms with van der Waals surface area (Å²) in [5.74, 6) is 0.288. The summed E-state index contributed by atoms with van der Waals surface area (Å²) < 4.78 is 7.33. The zero-order valence-corrected chi connectivity index (χ0v) is 15.2. The number of rotatable bonds is 5. The number of amides is 1. The monoisotopic (exact) mass is 350 g/mol. The SMILES string of the molecule is CCn1ccc2c(OCC(=O)Nc3cccc(C)c3C)cccc2c1=O. The van der Waals surface area contributed by atoms with E-state index in [-0.39, 0.29) is 18.1 Å². The van der Waals surface area contributed by atoms with Gasteiger partial charge in [-0.1, -0.05) is 18.2 Å². The van der Waals surface area contributed by atoms with Gasteiger partial charge in [0.2, 0.25) is 0 Å². The Bertz CT molecular complexity index is 1020. The van der Waals surface area contributed by atoms with E-state index in [4.69, 9.17) is 4.74 Å². The molecule has 1 aromatic heterocycles. The number of aryl methyl sites for hydroxylation is 2. The van der Waals surface area contributed by atoms with Gasteiger partial charge < -0.3 is 14.6 Å². The highest BCUT2D eigenvalue weighted by molar-refractivity contribution is 5.93. The lowest BCUT2D eigenvalue weighted by molar-refractivity contribution is -0.118. The van der Waals surface area contributed by atoms with Gasteiger partial charge in [0.25, 0.3) is 11.5 Å². The number of nitrogens with zero attached hydrogens (tertiary/aromatic N) is 1. The second kappa shape index (κ2) is 7.44. The minimum absolute atomic E-state index is 0.0599. The molecular weight excluding hydrogens is 328 g/mol. The number of benzene rings is 2. The molecule has 0 fully saturated rings. The van der Waals surface area contributed by atoms with Gasteiger partial charge in [-0.2, -0.15) is 0 Å². The number of nitrogens with one attached hydrogen (secondary N) is 1. The average Bonchev–Trinajstić information content (AvgIpc) is 2.64. The van der Waals surface area contributed by atoms with E-state index < -0.39 is 0 Å². The second-order valence-electron chi connectivity index (χ2n) is 6.21. The average molecular weight is 350 g/mol. The van der Waals surface area contributed by atoms with Crippen LogP contribution in [0.3, 0.4) is 0 Å². The number of ether oxygens (including phenoxy) is 1.